The van der Waals surface area contributed by atoms with E-state index in [0.717, 1.165) is 6.42 Å². The van der Waals surface area contributed by atoms with Gasteiger partial charge < -0.3 is 5.32 Å². The molecule has 0 amide bonds. The van der Waals surface area contributed by atoms with E-state index in [2.05, 4.69) is 36.1 Å². The third-order valence-electron chi connectivity index (χ3n) is 2.60. The van der Waals surface area contributed by atoms with Gasteiger partial charge in [-0.25, -0.2) is 13.4 Å². The zero-order chi connectivity index (χ0) is 15.5. The number of rotatable bonds is 6. The van der Waals surface area contributed by atoms with Crippen molar-refractivity contribution < 1.29 is 8.42 Å². The van der Waals surface area contributed by atoms with Crippen LogP contribution in [-0.2, 0) is 17.1 Å². The molecule has 2 aromatic rings. The average Bonchev–Trinajstić information content (AvgIpc) is 2.82. The summed E-state index contributed by atoms with van der Waals surface area (Å²) in [5, 5.41) is 7.02. The van der Waals surface area contributed by atoms with E-state index >= 15 is 0 Å². The maximum atomic E-state index is 12.5. The van der Waals surface area contributed by atoms with Crippen molar-refractivity contribution in [2.24, 2.45) is 7.05 Å². The van der Waals surface area contributed by atoms with Gasteiger partial charge in [-0.05, 0) is 28.4 Å². The lowest BCUT2D eigenvalue weighted by atomic mass is 10.4. The van der Waals surface area contributed by atoms with Gasteiger partial charge in [0.05, 0.1) is 0 Å². The van der Waals surface area contributed by atoms with E-state index in [-0.39, 0.29) is 10.7 Å². The van der Waals surface area contributed by atoms with Gasteiger partial charge in [0.15, 0.2) is 5.82 Å². The number of nitrogens with one attached hydrogen (secondary N) is 2. The lowest BCUT2D eigenvalue weighted by Gasteiger charge is -2.12. The number of hydrogen-bond donors (Lipinski definition) is 2. The SMILES string of the molecule is CCCNc1ncc(Br)cc1S(=O)(=O)Nc1ccn(C)n1. The van der Waals surface area contributed by atoms with Crippen LogP contribution in [0.15, 0.2) is 33.9 Å². The first kappa shape index (κ1) is 15.8. The Morgan fingerprint density at radius 3 is 2.81 bits per heavy atom. The minimum atomic E-state index is -3.76. The molecule has 21 heavy (non-hydrogen) atoms. The quantitative estimate of drug-likeness (QED) is 0.809. The fourth-order valence-electron chi connectivity index (χ4n) is 1.66. The number of aryl methyl sites for hydroxylation is 1. The summed E-state index contributed by atoms with van der Waals surface area (Å²) < 4.78 is 29.5. The molecule has 2 heterocycles. The van der Waals surface area contributed by atoms with Crippen molar-refractivity contribution in [2.45, 2.75) is 18.2 Å². The number of nitrogens with zero attached hydrogens (tertiary/aromatic N) is 3. The summed E-state index contributed by atoms with van der Waals surface area (Å²) in [6.45, 7) is 2.63. The summed E-state index contributed by atoms with van der Waals surface area (Å²) >= 11 is 3.24. The number of hydrogen-bond acceptors (Lipinski definition) is 5. The first-order chi connectivity index (χ1) is 9.92. The average molecular weight is 374 g/mol. The summed E-state index contributed by atoms with van der Waals surface area (Å²) in [7, 11) is -2.05. The highest BCUT2D eigenvalue weighted by Gasteiger charge is 2.21. The van der Waals surface area contributed by atoms with E-state index in [1.54, 1.807) is 25.5 Å². The Bertz CT molecular complexity index is 729. The van der Waals surface area contributed by atoms with Crippen LogP contribution < -0.4 is 10.0 Å². The molecule has 9 heteroatoms. The molecule has 0 aliphatic carbocycles. The van der Waals surface area contributed by atoms with Crippen molar-refractivity contribution in [2.75, 3.05) is 16.6 Å². The normalized spacial score (nSPS) is 11.4. The maximum Gasteiger partial charge on any atom is 0.266 e. The maximum absolute atomic E-state index is 12.5. The molecule has 0 spiro atoms. The lowest BCUT2D eigenvalue weighted by Crippen LogP contribution is -2.17. The Labute approximate surface area is 132 Å². The van der Waals surface area contributed by atoms with Crippen molar-refractivity contribution in [1.82, 2.24) is 14.8 Å². The lowest BCUT2D eigenvalue weighted by molar-refractivity contribution is 0.600. The minimum absolute atomic E-state index is 0.0796. The first-order valence-corrected chi connectivity index (χ1v) is 8.62. The molecule has 7 nitrogen and oxygen atoms in total. The van der Waals surface area contributed by atoms with Crippen molar-refractivity contribution in [3.63, 3.8) is 0 Å². The minimum Gasteiger partial charge on any atom is -0.369 e. The van der Waals surface area contributed by atoms with Crippen molar-refractivity contribution in [3.8, 4) is 0 Å². The molecular weight excluding hydrogens is 358 g/mol. The molecule has 0 radical (unpaired) electrons. The highest BCUT2D eigenvalue weighted by Crippen LogP contribution is 2.24. The smallest absolute Gasteiger partial charge is 0.266 e. The van der Waals surface area contributed by atoms with Crippen LogP contribution in [0.2, 0.25) is 0 Å². The van der Waals surface area contributed by atoms with Crippen LogP contribution in [-0.4, -0.2) is 29.7 Å². The van der Waals surface area contributed by atoms with Crippen LogP contribution in [0.1, 0.15) is 13.3 Å². The van der Waals surface area contributed by atoms with E-state index in [1.807, 2.05) is 6.92 Å². The van der Waals surface area contributed by atoms with E-state index < -0.39 is 10.0 Å². The molecule has 0 aliphatic rings. The zero-order valence-electron chi connectivity index (χ0n) is 11.7. The Hall–Kier alpha value is -1.61. The van der Waals surface area contributed by atoms with Crippen LogP contribution >= 0.6 is 15.9 Å². The first-order valence-electron chi connectivity index (χ1n) is 6.34. The molecular formula is C12H16BrN5O2S. The van der Waals surface area contributed by atoms with Gasteiger partial charge in [-0.15, -0.1) is 0 Å². The highest BCUT2D eigenvalue weighted by atomic mass is 79.9. The predicted molar refractivity (Wildman–Crippen MR) is 84.7 cm³/mol. The van der Waals surface area contributed by atoms with Crippen molar-refractivity contribution in [3.05, 3.63) is 29.0 Å². The summed E-state index contributed by atoms with van der Waals surface area (Å²) in [5.41, 5.74) is 0. The molecule has 0 unspecified atom stereocenters. The largest absolute Gasteiger partial charge is 0.369 e. The summed E-state index contributed by atoms with van der Waals surface area (Å²) in [6.07, 6.45) is 4.08. The Kier molecular flexibility index (Phi) is 4.84. The molecule has 114 valence electrons. The van der Waals surface area contributed by atoms with Crippen LogP contribution in [0, 0.1) is 0 Å². The zero-order valence-corrected chi connectivity index (χ0v) is 14.1. The molecule has 0 saturated carbocycles. The molecule has 2 aromatic heterocycles. The van der Waals surface area contributed by atoms with Gasteiger partial charge in [-0.1, -0.05) is 6.92 Å². The number of sulfonamides is 1. The topological polar surface area (TPSA) is 88.9 Å². The van der Waals surface area contributed by atoms with Gasteiger partial charge in [-0.2, -0.15) is 5.10 Å². The van der Waals surface area contributed by atoms with Crippen LogP contribution in [0.25, 0.3) is 0 Å². The molecule has 0 saturated heterocycles. The second kappa shape index (κ2) is 6.44. The summed E-state index contributed by atoms with van der Waals surface area (Å²) in [6, 6.07) is 3.10. The molecule has 0 fully saturated rings. The Morgan fingerprint density at radius 1 is 1.43 bits per heavy atom. The van der Waals surface area contributed by atoms with Crippen molar-refractivity contribution in [1.29, 1.82) is 0 Å². The van der Waals surface area contributed by atoms with Gasteiger partial charge in [0.2, 0.25) is 0 Å². The van der Waals surface area contributed by atoms with E-state index in [0.29, 0.717) is 16.8 Å². The van der Waals surface area contributed by atoms with Crippen LogP contribution in [0.5, 0.6) is 0 Å². The number of pyridine rings is 1. The summed E-state index contributed by atoms with van der Waals surface area (Å²) in [5.74, 6) is 0.586. The van der Waals surface area contributed by atoms with Crippen molar-refractivity contribution >= 4 is 37.6 Å². The van der Waals surface area contributed by atoms with Crippen LogP contribution in [0.3, 0.4) is 0 Å². The second-order valence-electron chi connectivity index (χ2n) is 4.41. The molecule has 2 N–H and O–H groups in total. The summed E-state index contributed by atoms with van der Waals surface area (Å²) in [4.78, 5) is 4.21. The standard InChI is InChI=1S/C12H16BrN5O2S/c1-3-5-14-12-10(7-9(13)8-15-12)21(19,20)17-11-4-6-18(2)16-11/h4,6-8H,3,5H2,1-2H3,(H,14,15)(H,16,17). The Balaban J connectivity index is 2.35. The van der Waals surface area contributed by atoms with Gasteiger partial charge in [-0.3, -0.25) is 9.40 Å². The molecule has 0 aromatic carbocycles. The van der Waals surface area contributed by atoms with Gasteiger partial charge in [0, 0.05) is 36.5 Å². The third-order valence-corrected chi connectivity index (χ3v) is 4.41. The molecule has 0 atom stereocenters. The van der Waals surface area contributed by atoms with Gasteiger partial charge in [0.1, 0.15) is 10.7 Å². The predicted octanol–water partition coefficient (Wildman–Crippen LogP) is 2.20. The molecule has 2 rings (SSSR count). The fraction of sp³-hybridized carbons (Fsp3) is 0.333. The van der Waals surface area contributed by atoms with E-state index in [1.165, 1.54) is 10.7 Å². The van der Waals surface area contributed by atoms with Gasteiger partial charge in [0.25, 0.3) is 10.0 Å². The number of anilines is 2. The van der Waals surface area contributed by atoms with E-state index in [9.17, 15) is 8.42 Å². The van der Waals surface area contributed by atoms with Crippen LogP contribution in [0.4, 0.5) is 11.6 Å². The molecule has 0 bridgehead atoms. The fourth-order valence-corrected chi connectivity index (χ4v) is 3.30. The highest BCUT2D eigenvalue weighted by molar-refractivity contribution is 9.10. The number of aromatic nitrogens is 3. The Morgan fingerprint density at radius 2 is 2.19 bits per heavy atom. The molecule has 0 aliphatic heterocycles. The second-order valence-corrected chi connectivity index (χ2v) is 6.97. The third kappa shape index (κ3) is 3.94. The van der Waals surface area contributed by atoms with Gasteiger partial charge >= 0.3 is 0 Å². The monoisotopic (exact) mass is 373 g/mol. The van der Waals surface area contributed by atoms with E-state index in [4.69, 9.17) is 0 Å². The number of halogens is 1.